The smallest absolute Gasteiger partial charge is 0.124 e. The quantitative estimate of drug-likeness (QED) is 0.629. The van der Waals surface area contributed by atoms with Gasteiger partial charge in [-0.05, 0) is 41.3 Å². The van der Waals surface area contributed by atoms with E-state index in [-0.39, 0.29) is 12.7 Å². The van der Waals surface area contributed by atoms with Gasteiger partial charge in [-0.1, -0.05) is 42.8 Å². The van der Waals surface area contributed by atoms with Gasteiger partial charge in [-0.3, -0.25) is 0 Å². The van der Waals surface area contributed by atoms with E-state index in [4.69, 9.17) is 25.8 Å². The van der Waals surface area contributed by atoms with Crippen molar-refractivity contribution in [3.05, 3.63) is 64.2 Å². The fourth-order valence-corrected chi connectivity index (χ4v) is 4.39. The maximum atomic E-state index is 10.6. The molecule has 2 aromatic rings. The third-order valence-corrected chi connectivity index (χ3v) is 6.55. The van der Waals surface area contributed by atoms with Crippen molar-refractivity contribution in [1.82, 2.24) is 0 Å². The van der Waals surface area contributed by atoms with Gasteiger partial charge in [0.15, 0.2) is 0 Å². The molecule has 0 radical (unpaired) electrons. The van der Waals surface area contributed by atoms with Gasteiger partial charge < -0.3 is 29.5 Å². The predicted octanol–water partition coefficient (Wildman–Crippen LogP) is 2.89. The Hall–Kier alpha value is -1.67. The number of benzene rings is 2. The first-order valence-corrected chi connectivity index (χ1v) is 11.1. The molecule has 6 atom stereocenters. The van der Waals surface area contributed by atoms with E-state index in [1.54, 1.807) is 13.0 Å². The van der Waals surface area contributed by atoms with Crippen LogP contribution in [0.2, 0.25) is 5.02 Å². The van der Waals surface area contributed by atoms with Crippen molar-refractivity contribution in [3.63, 3.8) is 0 Å². The maximum Gasteiger partial charge on any atom is 0.124 e. The van der Waals surface area contributed by atoms with Gasteiger partial charge in [0.25, 0.3) is 0 Å². The van der Waals surface area contributed by atoms with E-state index in [0.29, 0.717) is 18.1 Å². The summed E-state index contributed by atoms with van der Waals surface area (Å²) in [7, 11) is 0. The number of hydrogen-bond donors (Lipinski definition) is 3. The molecule has 7 heteroatoms. The Kier molecular flexibility index (Phi) is 7.16. The average molecular weight is 449 g/mol. The van der Waals surface area contributed by atoms with Gasteiger partial charge in [-0.2, -0.15) is 0 Å². The lowest BCUT2D eigenvalue weighted by Crippen LogP contribution is -2.50. The van der Waals surface area contributed by atoms with E-state index < -0.39 is 30.3 Å². The summed E-state index contributed by atoms with van der Waals surface area (Å²) in [6, 6.07) is 13.5. The molecule has 2 fully saturated rings. The van der Waals surface area contributed by atoms with Crippen molar-refractivity contribution in [2.24, 2.45) is 5.92 Å². The zero-order valence-corrected chi connectivity index (χ0v) is 18.2. The van der Waals surface area contributed by atoms with E-state index in [0.717, 1.165) is 35.5 Å². The monoisotopic (exact) mass is 448 g/mol. The summed E-state index contributed by atoms with van der Waals surface area (Å²) in [4.78, 5) is 0. The van der Waals surface area contributed by atoms with E-state index in [2.05, 4.69) is 0 Å². The van der Waals surface area contributed by atoms with Crippen molar-refractivity contribution in [2.45, 2.75) is 50.3 Å². The summed E-state index contributed by atoms with van der Waals surface area (Å²) in [5.41, 5.74) is 2.76. The van der Waals surface area contributed by atoms with Gasteiger partial charge in [0.1, 0.15) is 24.1 Å². The van der Waals surface area contributed by atoms with Crippen LogP contribution < -0.4 is 4.74 Å². The molecule has 4 rings (SSSR count). The summed E-state index contributed by atoms with van der Waals surface area (Å²) < 4.78 is 17.1. The minimum Gasteiger partial charge on any atom is -0.488 e. The SMILES string of the molecule is CC1[C@H](O)C(CO)OC(c2ccc(Cl)c(Cc3ccc(OC4CCOC4)cc3)c2)[C@@H]1O. The first-order chi connectivity index (χ1) is 15.0. The molecular formula is C24H29ClO6. The van der Waals surface area contributed by atoms with Crippen LogP contribution in [0.25, 0.3) is 0 Å². The summed E-state index contributed by atoms with van der Waals surface area (Å²) in [6.07, 6.45) is -1.54. The normalized spacial score (nSPS) is 31.0. The first kappa shape index (κ1) is 22.5. The van der Waals surface area contributed by atoms with Crippen molar-refractivity contribution >= 4 is 11.6 Å². The summed E-state index contributed by atoms with van der Waals surface area (Å²) in [6.45, 7) is 2.82. The molecule has 2 heterocycles. The highest BCUT2D eigenvalue weighted by molar-refractivity contribution is 6.31. The second-order valence-corrected chi connectivity index (χ2v) is 8.80. The lowest BCUT2D eigenvalue weighted by molar-refractivity contribution is -0.207. The Balaban J connectivity index is 1.49. The Bertz CT molecular complexity index is 865. The lowest BCUT2D eigenvalue weighted by Gasteiger charge is -2.41. The van der Waals surface area contributed by atoms with Crippen molar-refractivity contribution in [3.8, 4) is 5.75 Å². The number of halogens is 1. The third-order valence-electron chi connectivity index (χ3n) is 6.18. The molecule has 2 saturated heterocycles. The van der Waals surface area contributed by atoms with Crippen LogP contribution in [-0.2, 0) is 15.9 Å². The molecule has 0 bridgehead atoms. The Morgan fingerprint density at radius 3 is 2.55 bits per heavy atom. The molecule has 2 aliphatic rings. The summed E-state index contributed by atoms with van der Waals surface area (Å²) in [5.74, 6) is 0.397. The van der Waals surface area contributed by atoms with E-state index >= 15 is 0 Å². The number of hydrogen-bond acceptors (Lipinski definition) is 6. The van der Waals surface area contributed by atoms with Crippen LogP contribution in [-0.4, -0.2) is 59.6 Å². The Labute approximate surface area is 187 Å². The van der Waals surface area contributed by atoms with Crippen LogP contribution in [0.5, 0.6) is 5.75 Å². The Morgan fingerprint density at radius 1 is 1.10 bits per heavy atom. The lowest BCUT2D eigenvalue weighted by atomic mass is 9.84. The third kappa shape index (κ3) is 5.06. The van der Waals surface area contributed by atoms with Gasteiger partial charge in [0.05, 0.1) is 32.0 Å². The zero-order chi connectivity index (χ0) is 22.0. The van der Waals surface area contributed by atoms with E-state index in [1.807, 2.05) is 36.4 Å². The number of aliphatic hydroxyl groups is 3. The molecule has 0 saturated carbocycles. The molecule has 3 N–H and O–H groups in total. The molecular weight excluding hydrogens is 420 g/mol. The fourth-order valence-electron chi connectivity index (χ4n) is 4.20. The minimum absolute atomic E-state index is 0.113. The van der Waals surface area contributed by atoms with Gasteiger partial charge in [0, 0.05) is 17.4 Å². The largest absolute Gasteiger partial charge is 0.488 e. The van der Waals surface area contributed by atoms with Crippen molar-refractivity contribution < 1.29 is 29.5 Å². The van der Waals surface area contributed by atoms with E-state index in [9.17, 15) is 15.3 Å². The van der Waals surface area contributed by atoms with Crippen molar-refractivity contribution in [1.29, 1.82) is 0 Å². The highest BCUT2D eigenvalue weighted by atomic mass is 35.5. The first-order valence-electron chi connectivity index (χ1n) is 10.7. The molecule has 0 aromatic heterocycles. The van der Waals surface area contributed by atoms with Crippen LogP contribution in [0, 0.1) is 5.92 Å². The van der Waals surface area contributed by atoms with Crippen molar-refractivity contribution in [2.75, 3.05) is 19.8 Å². The molecule has 2 aliphatic heterocycles. The standard InChI is InChI=1S/C24H29ClO6/c1-14-22(27)21(12-26)31-24(23(14)28)16-4-7-20(25)17(11-16)10-15-2-5-18(6-3-15)30-19-8-9-29-13-19/h2-7,11,14,19,21-24,26-28H,8-10,12-13H2,1H3/t14?,19?,21?,22-,23+,24?/m0/s1. The molecule has 0 aliphatic carbocycles. The van der Waals surface area contributed by atoms with Gasteiger partial charge in [0.2, 0.25) is 0 Å². The molecule has 0 spiro atoms. The van der Waals surface area contributed by atoms with Crippen LogP contribution in [0.3, 0.4) is 0 Å². The van der Waals surface area contributed by atoms with Gasteiger partial charge >= 0.3 is 0 Å². The number of rotatable bonds is 6. The molecule has 0 amide bonds. The van der Waals surface area contributed by atoms with Gasteiger partial charge in [-0.15, -0.1) is 0 Å². The van der Waals surface area contributed by atoms with Crippen LogP contribution in [0.15, 0.2) is 42.5 Å². The molecule has 168 valence electrons. The van der Waals surface area contributed by atoms with Gasteiger partial charge in [-0.25, -0.2) is 0 Å². The molecule has 6 nitrogen and oxygen atoms in total. The minimum atomic E-state index is -0.917. The van der Waals surface area contributed by atoms with E-state index in [1.165, 1.54) is 0 Å². The van der Waals surface area contributed by atoms with Crippen LogP contribution in [0.1, 0.15) is 36.1 Å². The molecule has 31 heavy (non-hydrogen) atoms. The molecule has 4 unspecified atom stereocenters. The average Bonchev–Trinajstić information content (AvgIpc) is 3.28. The molecule has 2 aromatic carbocycles. The number of ether oxygens (including phenoxy) is 3. The van der Waals surface area contributed by atoms with Crippen LogP contribution in [0.4, 0.5) is 0 Å². The highest BCUT2D eigenvalue weighted by Gasteiger charge is 2.42. The number of aliphatic hydroxyl groups excluding tert-OH is 3. The Morgan fingerprint density at radius 2 is 1.87 bits per heavy atom. The predicted molar refractivity (Wildman–Crippen MR) is 116 cm³/mol. The maximum absolute atomic E-state index is 10.6. The second kappa shape index (κ2) is 9.86. The summed E-state index contributed by atoms with van der Waals surface area (Å²) in [5, 5.41) is 31.0. The zero-order valence-electron chi connectivity index (χ0n) is 17.5. The topological polar surface area (TPSA) is 88.4 Å². The van der Waals surface area contributed by atoms with Crippen LogP contribution >= 0.6 is 11.6 Å². The highest BCUT2D eigenvalue weighted by Crippen LogP contribution is 2.37. The second-order valence-electron chi connectivity index (χ2n) is 8.39. The fraction of sp³-hybridized carbons (Fsp3) is 0.500. The summed E-state index contributed by atoms with van der Waals surface area (Å²) >= 11 is 6.45.